The fourth-order valence-corrected chi connectivity index (χ4v) is 3.88. The van der Waals surface area contributed by atoms with Crippen molar-refractivity contribution in [2.45, 2.75) is 26.2 Å². The molecule has 138 valence electrons. The average molecular weight is 420 g/mol. The van der Waals surface area contributed by atoms with Gasteiger partial charge in [0.15, 0.2) is 0 Å². The van der Waals surface area contributed by atoms with Crippen molar-refractivity contribution in [2.24, 2.45) is 0 Å². The molecule has 26 heavy (non-hydrogen) atoms. The summed E-state index contributed by atoms with van der Waals surface area (Å²) >= 11 is 3.36. The van der Waals surface area contributed by atoms with E-state index in [4.69, 9.17) is 0 Å². The SMILES string of the molecule is CCN(CC)CCC1CN(C(=O)c2cncc(Br)c2)c2ccc(F)cc21. The summed E-state index contributed by atoms with van der Waals surface area (Å²) in [5, 5.41) is 0. The van der Waals surface area contributed by atoms with Crippen LogP contribution in [-0.2, 0) is 0 Å². The monoisotopic (exact) mass is 419 g/mol. The van der Waals surface area contributed by atoms with Gasteiger partial charge in [-0.1, -0.05) is 13.8 Å². The third-order valence-electron chi connectivity index (χ3n) is 5.01. The molecular formula is C20H23BrFN3O. The molecule has 1 aromatic heterocycles. The molecule has 2 aromatic rings. The Morgan fingerprint density at radius 1 is 1.31 bits per heavy atom. The lowest BCUT2D eigenvalue weighted by molar-refractivity contribution is 0.0987. The third-order valence-corrected chi connectivity index (χ3v) is 5.44. The summed E-state index contributed by atoms with van der Waals surface area (Å²) in [6.45, 7) is 7.78. The number of aromatic nitrogens is 1. The van der Waals surface area contributed by atoms with Gasteiger partial charge < -0.3 is 9.80 Å². The van der Waals surface area contributed by atoms with Crippen LogP contribution in [0.5, 0.6) is 0 Å². The molecule has 1 aliphatic rings. The molecule has 1 unspecified atom stereocenters. The van der Waals surface area contributed by atoms with Gasteiger partial charge in [0, 0.05) is 35.0 Å². The fraction of sp³-hybridized carbons (Fsp3) is 0.400. The molecule has 0 spiro atoms. The van der Waals surface area contributed by atoms with Crippen molar-refractivity contribution in [3.05, 3.63) is 58.1 Å². The Hall–Kier alpha value is -1.79. The summed E-state index contributed by atoms with van der Waals surface area (Å²) in [7, 11) is 0. The second kappa shape index (κ2) is 8.27. The number of benzene rings is 1. The summed E-state index contributed by atoms with van der Waals surface area (Å²) in [5.41, 5.74) is 2.26. The van der Waals surface area contributed by atoms with Crippen LogP contribution in [0.1, 0.15) is 42.1 Å². The Labute approximate surface area is 162 Å². The Balaban J connectivity index is 1.86. The number of nitrogens with zero attached hydrogens (tertiary/aromatic N) is 3. The molecule has 0 aliphatic carbocycles. The fourth-order valence-electron chi connectivity index (χ4n) is 3.52. The highest BCUT2D eigenvalue weighted by atomic mass is 79.9. The van der Waals surface area contributed by atoms with Crippen LogP contribution in [0, 0.1) is 5.82 Å². The van der Waals surface area contributed by atoms with Crippen molar-refractivity contribution in [2.75, 3.05) is 31.1 Å². The van der Waals surface area contributed by atoms with E-state index in [0.29, 0.717) is 12.1 Å². The minimum atomic E-state index is -0.255. The van der Waals surface area contributed by atoms with Crippen LogP contribution < -0.4 is 4.90 Å². The van der Waals surface area contributed by atoms with Crippen molar-refractivity contribution in [1.82, 2.24) is 9.88 Å². The van der Waals surface area contributed by atoms with Gasteiger partial charge in [0.05, 0.1) is 5.56 Å². The van der Waals surface area contributed by atoms with Crippen molar-refractivity contribution >= 4 is 27.5 Å². The van der Waals surface area contributed by atoms with Crippen LogP contribution in [0.4, 0.5) is 10.1 Å². The maximum Gasteiger partial charge on any atom is 0.259 e. The van der Waals surface area contributed by atoms with Gasteiger partial charge in [-0.05, 0) is 71.8 Å². The second-order valence-corrected chi connectivity index (χ2v) is 7.44. The molecule has 3 rings (SSSR count). The molecular weight excluding hydrogens is 397 g/mol. The predicted octanol–water partition coefficient (Wildman–Crippen LogP) is 4.46. The summed E-state index contributed by atoms with van der Waals surface area (Å²) in [6, 6.07) is 6.48. The lowest BCUT2D eigenvalue weighted by Gasteiger charge is -2.21. The number of halogens is 2. The lowest BCUT2D eigenvalue weighted by Crippen LogP contribution is -2.31. The van der Waals surface area contributed by atoms with E-state index < -0.39 is 0 Å². The van der Waals surface area contributed by atoms with E-state index in [9.17, 15) is 9.18 Å². The summed E-state index contributed by atoms with van der Waals surface area (Å²) in [5.74, 6) is -0.211. The van der Waals surface area contributed by atoms with Crippen LogP contribution >= 0.6 is 15.9 Å². The van der Waals surface area contributed by atoms with Crippen LogP contribution in [0.15, 0.2) is 41.1 Å². The topological polar surface area (TPSA) is 36.4 Å². The molecule has 0 radical (unpaired) electrons. The van der Waals surface area contributed by atoms with Crippen molar-refractivity contribution in [1.29, 1.82) is 0 Å². The van der Waals surface area contributed by atoms with Gasteiger partial charge in [0.1, 0.15) is 5.82 Å². The number of pyridine rings is 1. The molecule has 0 saturated carbocycles. The van der Waals surface area contributed by atoms with E-state index in [1.807, 2.05) is 0 Å². The van der Waals surface area contributed by atoms with Crippen LogP contribution in [0.3, 0.4) is 0 Å². The van der Waals surface area contributed by atoms with E-state index in [0.717, 1.165) is 41.8 Å². The van der Waals surface area contributed by atoms with E-state index in [1.54, 1.807) is 35.5 Å². The van der Waals surface area contributed by atoms with E-state index in [1.165, 1.54) is 6.07 Å². The number of anilines is 1. The van der Waals surface area contributed by atoms with Crippen LogP contribution in [0.25, 0.3) is 0 Å². The Morgan fingerprint density at radius 3 is 2.77 bits per heavy atom. The second-order valence-electron chi connectivity index (χ2n) is 6.52. The maximum absolute atomic E-state index is 13.8. The van der Waals surface area contributed by atoms with E-state index >= 15 is 0 Å². The Kier molecular flexibility index (Phi) is 6.04. The predicted molar refractivity (Wildman–Crippen MR) is 105 cm³/mol. The highest BCUT2D eigenvalue weighted by Gasteiger charge is 2.33. The minimum Gasteiger partial charge on any atom is -0.307 e. The standard InChI is InChI=1S/C20H23BrFN3O/c1-3-24(4-2)8-7-14-13-25(19-6-5-17(22)10-18(14)19)20(26)15-9-16(21)12-23-11-15/h5-6,9-12,14H,3-4,7-8,13H2,1-2H3. The molecule has 1 aromatic carbocycles. The van der Waals surface area contributed by atoms with E-state index in [-0.39, 0.29) is 17.6 Å². The molecule has 1 aliphatic heterocycles. The summed E-state index contributed by atoms with van der Waals surface area (Å²) < 4.78 is 14.6. The molecule has 6 heteroatoms. The molecule has 0 bridgehead atoms. The first-order chi connectivity index (χ1) is 12.5. The molecule has 2 heterocycles. The highest BCUT2D eigenvalue weighted by Crippen LogP contribution is 2.39. The van der Waals surface area contributed by atoms with Gasteiger partial charge in [0.2, 0.25) is 0 Å². The van der Waals surface area contributed by atoms with Gasteiger partial charge in [-0.3, -0.25) is 9.78 Å². The molecule has 0 N–H and O–H groups in total. The largest absolute Gasteiger partial charge is 0.307 e. The molecule has 0 saturated heterocycles. The van der Waals surface area contributed by atoms with Crippen molar-refractivity contribution < 1.29 is 9.18 Å². The van der Waals surface area contributed by atoms with Gasteiger partial charge >= 0.3 is 0 Å². The molecule has 4 nitrogen and oxygen atoms in total. The third kappa shape index (κ3) is 3.96. The van der Waals surface area contributed by atoms with Gasteiger partial charge in [0.25, 0.3) is 5.91 Å². The highest BCUT2D eigenvalue weighted by molar-refractivity contribution is 9.10. The summed E-state index contributed by atoms with van der Waals surface area (Å²) in [4.78, 5) is 21.2. The first-order valence-electron chi connectivity index (χ1n) is 8.97. The number of hydrogen-bond donors (Lipinski definition) is 0. The first-order valence-corrected chi connectivity index (χ1v) is 9.77. The number of fused-ring (bicyclic) bond motifs is 1. The number of amides is 1. The van der Waals surface area contributed by atoms with Crippen LogP contribution in [0.2, 0.25) is 0 Å². The Bertz CT molecular complexity index is 794. The van der Waals surface area contributed by atoms with Gasteiger partial charge in [-0.2, -0.15) is 0 Å². The number of carbonyl (C=O) groups excluding carboxylic acids is 1. The zero-order valence-electron chi connectivity index (χ0n) is 15.1. The van der Waals surface area contributed by atoms with Crippen molar-refractivity contribution in [3.8, 4) is 0 Å². The average Bonchev–Trinajstić information content (AvgIpc) is 3.00. The van der Waals surface area contributed by atoms with Crippen molar-refractivity contribution in [3.63, 3.8) is 0 Å². The zero-order chi connectivity index (χ0) is 18.7. The zero-order valence-corrected chi connectivity index (χ0v) is 16.7. The quantitative estimate of drug-likeness (QED) is 0.693. The molecule has 0 fully saturated rings. The molecule has 1 atom stereocenters. The number of carbonyl (C=O) groups is 1. The number of rotatable bonds is 6. The van der Waals surface area contributed by atoms with Gasteiger partial charge in [-0.15, -0.1) is 0 Å². The molecule has 1 amide bonds. The van der Waals surface area contributed by atoms with Gasteiger partial charge in [-0.25, -0.2) is 4.39 Å². The first kappa shape index (κ1) is 19.0. The normalized spacial score (nSPS) is 16.2. The van der Waals surface area contributed by atoms with Crippen LogP contribution in [-0.4, -0.2) is 42.0 Å². The maximum atomic E-state index is 13.8. The number of hydrogen-bond acceptors (Lipinski definition) is 3. The lowest BCUT2D eigenvalue weighted by atomic mass is 9.97. The Morgan fingerprint density at radius 2 is 2.08 bits per heavy atom. The summed E-state index contributed by atoms with van der Waals surface area (Å²) in [6.07, 6.45) is 4.12. The smallest absolute Gasteiger partial charge is 0.259 e. The van der Waals surface area contributed by atoms with E-state index in [2.05, 4.69) is 39.7 Å². The minimum absolute atomic E-state index is 0.100.